The maximum Gasteiger partial charge on any atom is 0.324 e. The van der Waals surface area contributed by atoms with E-state index in [1.807, 2.05) is 0 Å². The summed E-state index contributed by atoms with van der Waals surface area (Å²) in [6.07, 6.45) is 0. The molecule has 0 saturated heterocycles. The summed E-state index contributed by atoms with van der Waals surface area (Å²) < 4.78 is 17.5. The van der Waals surface area contributed by atoms with Crippen LogP contribution in [0.5, 0.6) is 0 Å². The molecule has 1 atom stereocenters. The van der Waals surface area contributed by atoms with Gasteiger partial charge in [-0.15, -0.1) is 0 Å². The first kappa shape index (κ1) is 12.2. The summed E-state index contributed by atoms with van der Waals surface area (Å²) in [6, 6.07) is 4.90. The topological polar surface area (TPSA) is 63.6 Å². The predicted molar refractivity (Wildman–Crippen MR) is 53.4 cm³/mol. The molecule has 5 heteroatoms. The third-order valence-corrected chi connectivity index (χ3v) is 1.95. The average molecular weight is 226 g/mol. The van der Waals surface area contributed by atoms with Gasteiger partial charge in [0.1, 0.15) is 5.82 Å². The molecule has 1 N–H and O–H groups in total. The summed E-state index contributed by atoms with van der Waals surface area (Å²) >= 11 is 0. The quantitative estimate of drug-likeness (QED) is 0.625. The second kappa shape index (κ2) is 5.25. The Hall–Kier alpha value is -1.91. The second-order valence-electron chi connectivity index (χ2n) is 3.08. The molecule has 0 aromatic heterocycles. The summed E-state index contributed by atoms with van der Waals surface area (Å²) in [4.78, 5) is 22.3. The number of carbonyl (C=O) groups excluding carboxylic acids is 1. The molecule has 4 nitrogen and oxygen atoms in total. The van der Waals surface area contributed by atoms with Crippen LogP contribution in [0.2, 0.25) is 0 Å². The fourth-order valence-electron chi connectivity index (χ4n) is 1.29. The van der Waals surface area contributed by atoms with Gasteiger partial charge >= 0.3 is 11.9 Å². The fraction of sp³-hybridized carbons (Fsp3) is 0.273. The lowest BCUT2D eigenvalue weighted by Gasteiger charge is -2.11. The van der Waals surface area contributed by atoms with E-state index in [0.717, 1.165) is 6.07 Å². The Balaban J connectivity index is 3.03. The fourth-order valence-corrected chi connectivity index (χ4v) is 1.29. The molecule has 0 amide bonds. The van der Waals surface area contributed by atoms with E-state index in [1.165, 1.54) is 18.2 Å². The van der Waals surface area contributed by atoms with Gasteiger partial charge in [0.05, 0.1) is 6.61 Å². The van der Waals surface area contributed by atoms with Crippen LogP contribution >= 0.6 is 0 Å². The minimum Gasteiger partial charge on any atom is -0.480 e. The molecule has 0 saturated carbocycles. The number of rotatable bonds is 4. The molecule has 0 radical (unpaired) electrons. The Morgan fingerprint density at radius 3 is 2.69 bits per heavy atom. The highest BCUT2D eigenvalue weighted by Crippen LogP contribution is 2.18. The van der Waals surface area contributed by atoms with Crippen LogP contribution in [0.3, 0.4) is 0 Å². The van der Waals surface area contributed by atoms with E-state index < -0.39 is 23.7 Å². The average Bonchev–Trinajstić information content (AvgIpc) is 2.17. The van der Waals surface area contributed by atoms with Crippen molar-refractivity contribution in [3.8, 4) is 0 Å². The van der Waals surface area contributed by atoms with Crippen LogP contribution in [-0.2, 0) is 14.3 Å². The van der Waals surface area contributed by atoms with Gasteiger partial charge in [0.2, 0.25) is 0 Å². The smallest absolute Gasteiger partial charge is 0.324 e. The molecule has 1 unspecified atom stereocenters. The van der Waals surface area contributed by atoms with Gasteiger partial charge in [-0.1, -0.05) is 12.1 Å². The van der Waals surface area contributed by atoms with Gasteiger partial charge in [-0.05, 0) is 24.6 Å². The van der Waals surface area contributed by atoms with Crippen LogP contribution in [0.15, 0.2) is 24.3 Å². The summed E-state index contributed by atoms with van der Waals surface area (Å²) in [5, 5.41) is 8.89. The number of hydrogen-bond acceptors (Lipinski definition) is 3. The van der Waals surface area contributed by atoms with Crippen molar-refractivity contribution in [2.75, 3.05) is 6.61 Å². The highest BCUT2D eigenvalue weighted by Gasteiger charge is 2.29. The molecule has 86 valence electrons. The van der Waals surface area contributed by atoms with Crippen molar-refractivity contribution >= 4 is 11.9 Å². The van der Waals surface area contributed by atoms with E-state index in [4.69, 9.17) is 5.11 Å². The predicted octanol–water partition coefficient (Wildman–Crippen LogP) is 1.56. The van der Waals surface area contributed by atoms with E-state index in [9.17, 15) is 14.0 Å². The van der Waals surface area contributed by atoms with E-state index in [-0.39, 0.29) is 12.2 Å². The van der Waals surface area contributed by atoms with Crippen molar-refractivity contribution in [3.63, 3.8) is 0 Å². The van der Waals surface area contributed by atoms with Crippen molar-refractivity contribution in [3.05, 3.63) is 35.6 Å². The maximum atomic E-state index is 12.9. The number of aliphatic carboxylic acids is 1. The zero-order valence-electron chi connectivity index (χ0n) is 8.64. The van der Waals surface area contributed by atoms with Crippen LogP contribution < -0.4 is 0 Å². The van der Waals surface area contributed by atoms with Crippen LogP contribution in [0.4, 0.5) is 4.39 Å². The lowest BCUT2D eigenvalue weighted by molar-refractivity contribution is -0.153. The Morgan fingerprint density at radius 2 is 2.19 bits per heavy atom. The van der Waals surface area contributed by atoms with Crippen molar-refractivity contribution in [2.45, 2.75) is 12.8 Å². The second-order valence-corrected chi connectivity index (χ2v) is 3.08. The lowest BCUT2D eigenvalue weighted by atomic mass is 9.99. The van der Waals surface area contributed by atoms with Gasteiger partial charge in [0.15, 0.2) is 5.92 Å². The molecule has 1 rings (SSSR count). The molecule has 0 spiro atoms. The van der Waals surface area contributed by atoms with Gasteiger partial charge in [0.25, 0.3) is 0 Å². The lowest BCUT2D eigenvalue weighted by Crippen LogP contribution is -2.23. The van der Waals surface area contributed by atoms with Gasteiger partial charge in [-0.3, -0.25) is 9.59 Å². The number of carbonyl (C=O) groups is 2. The van der Waals surface area contributed by atoms with E-state index in [2.05, 4.69) is 4.74 Å². The number of carboxylic acid groups (broad SMARTS) is 1. The molecule has 0 aliphatic rings. The monoisotopic (exact) mass is 226 g/mol. The third kappa shape index (κ3) is 2.79. The Morgan fingerprint density at radius 1 is 1.50 bits per heavy atom. The Labute approximate surface area is 91.7 Å². The van der Waals surface area contributed by atoms with Crippen molar-refractivity contribution in [1.82, 2.24) is 0 Å². The summed E-state index contributed by atoms with van der Waals surface area (Å²) in [6.45, 7) is 1.65. The standard InChI is InChI=1S/C11H11FO4/c1-2-16-11(15)9(10(13)14)7-4-3-5-8(12)6-7/h3-6,9H,2H2,1H3,(H,13,14). The van der Waals surface area contributed by atoms with Gasteiger partial charge in [0, 0.05) is 0 Å². The minimum absolute atomic E-state index is 0.0750. The molecule has 0 bridgehead atoms. The molecule has 0 heterocycles. The van der Waals surface area contributed by atoms with Crippen molar-refractivity contribution in [1.29, 1.82) is 0 Å². The van der Waals surface area contributed by atoms with Gasteiger partial charge < -0.3 is 9.84 Å². The molecule has 1 aromatic rings. The number of ether oxygens (including phenoxy) is 1. The van der Waals surface area contributed by atoms with Crippen LogP contribution in [0.1, 0.15) is 18.4 Å². The first-order valence-electron chi connectivity index (χ1n) is 4.71. The van der Waals surface area contributed by atoms with E-state index >= 15 is 0 Å². The number of carboxylic acids is 1. The minimum atomic E-state index is -1.48. The number of halogens is 1. The molecule has 0 aliphatic heterocycles. The molecule has 0 aliphatic carbocycles. The van der Waals surface area contributed by atoms with Crippen LogP contribution in [0.25, 0.3) is 0 Å². The highest BCUT2D eigenvalue weighted by molar-refractivity contribution is 5.99. The zero-order valence-corrected chi connectivity index (χ0v) is 8.64. The van der Waals surface area contributed by atoms with E-state index in [1.54, 1.807) is 6.92 Å². The molecule has 1 aromatic carbocycles. The van der Waals surface area contributed by atoms with Crippen molar-refractivity contribution < 1.29 is 23.8 Å². The molecular weight excluding hydrogens is 215 g/mol. The third-order valence-electron chi connectivity index (χ3n) is 1.95. The SMILES string of the molecule is CCOC(=O)C(C(=O)O)c1cccc(F)c1. The van der Waals surface area contributed by atoms with E-state index in [0.29, 0.717) is 0 Å². The molecule has 16 heavy (non-hydrogen) atoms. The maximum absolute atomic E-state index is 12.9. The Bertz CT molecular complexity index is 403. The van der Waals surface area contributed by atoms with Gasteiger partial charge in [-0.25, -0.2) is 4.39 Å². The first-order valence-corrected chi connectivity index (χ1v) is 4.71. The van der Waals surface area contributed by atoms with Gasteiger partial charge in [-0.2, -0.15) is 0 Å². The van der Waals surface area contributed by atoms with Crippen LogP contribution in [0, 0.1) is 5.82 Å². The normalized spacial score (nSPS) is 11.9. The molecule has 0 fully saturated rings. The number of benzene rings is 1. The summed E-state index contributed by atoms with van der Waals surface area (Å²) in [7, 11) is 0. The Kier molecular flexibility index (Phi) is 3.99. The van der Waals surface area contributed by atoms with Crippen molar-refractivity contribution in [2.24, 2.45) is 0 Å². The van der Waals surface area contributed by atoms with Crippen LogP contribution in [-0.4, -0.2) is 23.7 Å². The molecular formula is C11H11FO4. The number of hydrogen-bond donors (Lipinski definition) is 1. The first-order chi connectivity index (χ1) is 7.56. The summed E-state index contributed by atoms with van der Waals surface area (Å²) in [5.74, 6) is -4.31. The zero-order chi connectivity index (χ0) is 12.1. The summed E-state index contributed by atoms with van der Waals surface area (Å²) in [5.41, 5.74) is 0.0750. The highest BCUT2D eigenvalue weighted by atomic mass is 19.1. The number of esters is 1. The largest absolute Gasteiger partial charge is 0.480 e.